The summed E-state index contributed by atoms with van der Waals surface area (Å²) < 4.78 is 5.51. The Hall–Kier alpha value is -4.78. The summed E-state index contributed by atoms with van der Waals surface area (Å²) >= 11 is 0. The van der Waals surface area contributed by atoms with E-state index in [0.717, 1.165) is 4.90 Å². The third kappa shape index (κ3) is 13.1. The van der Waals surface area contributed by atoms with Gasteiger partial charge in [0.05, 0.1) is 31.7 Å². The zero-order valence-electron chi connectivity index (χ0n) is 34.2. The van der Waals surface area contributed by atoms with Gasteiger partial charge in [-0.3, -0.25) is 34.1 Å². The lowest BCUT2D eigenvalue weighted by atomic mass is 9.92. The van der Waals surface area contributed by atoms with Crippen LogP contribution in [-0.2, 0) is 44.7 Å². The van der Waals surface area contributed by atoms with E-state index in [4.69, 9.17) is 9.84 Å². The molecule has 2 aliphatic heterocycles. The van der Waals surface area contributed by atoms with Crippen molar-refractivity contribution in [1.82, 2.24) is 41.5 Å². The molecule has 60 heavy (non-hydrogen) atoms. The molecule has 23 heteroatoms. The fraction of sp³-hybridized carbons (Fsp3) is 0.730. The first kappa shape index (κ1) is 49.6. The normalized spacial score (nSPS) is 24.8. The molecule has 3 rings (SSSR count). The summed E-state index contributed by atoms with van der Waals surface area (Å²) in [6.45, 7) is 6.62. The van der Waals surface area contributed by atoms with E-state index in [1.54, 1.807) is 27.7 Å². The highest BCUT2D eigenvalue weighted by Gasteiger charge is 2.51. The van der Waals surface area contributed by atoms with Crippen molar-refractivity contribution < 1.29 is 74.0 Å². The lowest BCUT2D eigenvalue weighted by Crippen LogP contribution is -2.72. The van der Waals surface area contributed by atoms with E-state index >= 15 is 0 Å². The van der Waals surface area contributed by atoms with Gasteiger partial charge in [-0.15, -0.1) is 0 Å². The van der Waals surface area contributed by atoms with E-state index in [1.807, 2.05) is 0 Å². The number of hydrogen-bond acceptors (Lipinski definition) is 15. The van der Waals surface area contributed by atoms with Gasteiger partial charge in [0, 0.05) is 31.3 Å². The zero-order chi connectivity index (χ0) is 45.1. The lowest BCUT2D eigenvalue weighted by molar-refractivity contribution is -0.261. The Balaban J connectivity index is 1.83. The van der Waals surface area contributed by atoms with Crippen molar-refractivity contribution in [1.29, 1.82) is 0 Å². The summed E-state index contributed by atoms with van der Waals surface area (Å²) in [4.78, 5) is 99.6. The predicted octanol–water partition coefficient (Wildman–Crippen LogP) is -4.33. The second kappa shape index (κ2) is 22.2. The number of rotatable bonds is 22. The first-order valence-electron chi connectivity index (χ1n) is 19.8. The Morgan fingerprint density at radius 3 is 2.12 bits per heavy atom. The van der Waals surface area contributed by atoms with Crippen molar-refractivity contribution in [3.8, 4) is 0 Å². The van der Waals surface area contributed by atoms with Gasteiger partial charge in [-0.2, -0.15) is 0 Å². The molecule has 1 aromatic rings. The Kier molecular flexibility index (Phi) is 18.3. The van der Waals surface area contributed by atoms with Crippen LogP contribution in [0.2, 0.25) is 0 Å². The second-order valence-corrected chi connectivity index (χ2v) is 16.0. The van der Waals surface area contributed by atoms with Crippen LogP contribution in [0.4, 0.5) is 0 Å². The average Bonchev–Trinajstić information content (AvgIpc) is 3.89. The van der Waals surface area contributed by atoms with Gasteiger partial charge in [0.1, 0.15) is 48.5 Å². The standard InChI is InChI=1S/C37H60N8O15/c1-17(2)11-22(32(54)43-28(19(5)47)35(57)45-10-6-7-24(45)33(55)40-21(36(58)59)8-9-26(49)50)41-31(53)23(12-20-13-38-16-39-20)42-34(56)27(18(3)4)44-37(15-46)30(52)29(51)25(48)14-60-37/h13,16-19,21-25,27-30,44,46-48,51-52H,6-12,14-15H2,1-5H3,(H,38,39)(H,40,55)(H,41,53)(H,42,56)(H,43,54)(H,49,50)(H,58,59)/t19-,21+,22+,23+,24+,25-,27+,28+,29-,30+,37?/m1/s1. The summed E-state index contributed by atoms with van der Waals surface area (Å²) in [6, 6.07) is -8.37. The van der Waals surface area contributed by atoms with E-state index in [-0.39, 0.29) is 31.7 Å². The Morgan fingerprint density at radius 2 is 1.57 bits per heavy atom. The molecule has 0 aliphatic carbocycles. The van der Waals surface area contributed by atoms with Gasteiger partial charge >= 0.3 is 11.9 Å². The molecule has 0 saturated carbocycles. The minimum Gasteiger partial charge on any atom is -0.481 e. The highest BCUT2D eigenvalue weighted by molar-refractivity contribution is 5.97. The van der Waals surface area contributed by atoms with Crippen LogP contribution in [0, 0.1) is 11.8 Å². The number of aromatic nitrogens is 2. The predicted molar refractivity (Wildman–Crippen MR) is 206 cm³/mol. The second-order valence-electron chi connectivity index (χ2n) is 16.0. The van der Waals surface area contributed by atoms with E-state index in [9.17, 15) is 64.2 Å². The molecule has 338 valence electrons. The molecule has 2 fully saturated rings. The van der Waals surface area contributed by atoms with Gasteiger partial charge in [-0.25, -0.2) is 9.78 Å². The fourth-order valence-electron chi connectivity index (χ4n) is 6.99. The molecule has 1 aromatic heterocycles. The van der Waals surface area contributed by atoms with Crippen molar-refractivity contribution >= 4 is 41.5 Å². The summed E-state index contributed by atoms with van der Waals surface area (Å²) in [5.41, 5.74) is -1.67. The Morgan fingerprint density at radius 1 is 0.917 bits per heavy atom. The summed E-state index contributed by atoms with van der Waals surface area (Å²) in [6.07, 6.45) is -4.50. The molecular weight excluding hydrogens is 796 g/mol. The van der Waals surface area contributed by atoms with Gasteiger partial charge in [0.2, 0.25) is 29.5 Å². The molecule has 23 nitrogen and oxygen atoms in total. The van der Waals surface area contributed by atoms with Gasteiger partial charge < -0.3 is 71.6 Å². The first-order valence-corrected chi connectivity index (χ1v) is 19.8. The molecular formula is C37H60N8O15. The SMILES string of the molecule is CC(C)C[C@H](NC(=O)[C@H](Cc1cnc[nH]1)NC(=O)[C@@H](NC1(CO)OC[C@@H](O)[C@@H](O)[C@@H]1O)C(C)C)C(=O)N[C@H](C(=O)N1CCC[C@H]1C(=O)N[C@@H](CCC(=O)O)C(=O)O)[C@@H](C)O. The maximum atomic E-state index is 14.1. The van der Waals surface area contributed by atoms with Gasteiger partial charge in [-0.1, -0.05) is 27.7 Å². The van der Waals surface area contributed by atoms with Crippen molar-refractivity contribution in [2.24, 2.45) is 11.8 Å². The third-order valence-electron chi connectivity index (χ3n) is 10.4. The number of carboxylic acid groups (broad SMARTS) is 2. The minimum absolute atomic E-state index is 0.0171. The summed E-state index contributed by atoms with van der Waals surface area (Å²) in [5.74, 6) is -7.81. The molecule has 1 unspecified atom stereocenters. The van der Waals surface area contributed by atoms with Crippen molar-refractivity contribution in [3.05, 3.63) is 18.2 Å². The van der Waals surface area contributed by atoms with Crippen LogP contribution >= 0.6 is 0 Å². The largest absolute Gasteiger partial charge is 0.481 e. The van der Waals surface area contributed by atoms with Gasteiger partial charge in [-0.05, 0) is 44.4 Å². The molecule has 0 spiro atoms. The maximum Gasteiger partial charge on any atom is 0.326 e. The fourth-order valence-corrected chi connectivity index (χ4v) is 6.99. The van der Waals surface area contributed by atoms with Crippen LogP contribution in [0.5, 0.6) is 0 Å². The van der Waals surface area contributed by atoms with Crippen molar-refractivity contribution in [3.63, 3.8) is 0 Å². The number of aliphatic carboxylic acids is 2. The number of H-pyrrole nitrogens is 1. The topological polar surface area (TPSA) is 362 Å². The monoisotopic (exact) mass is 856 g/mol. The lowest BCUT2D eigenvalue weighted by Gasteiger charge is -2.46. The Labute approximate surface area is 346 Å². The Bertz CT molecular complexity index is 1650. The maximum absolute atomic E-state index is 14.1. The first-order chi connectivity index (χ1) is 28.1. The van der Waals surface area contributed by atoms with E-state index in [2.05, 4.69) is 36.6 Å². The van der Waals surface area contributed by atoms with Gasteiger partial charge in [0.25, 0.3) is 0 Å². The number of likely N-dealkylation sites (tertiary alicyclic amines) is 1. The number of carboxylic acids is 2. The molecule has 13 N–H and O–H groups in total. The van der Waals surface area contributed by atoms with E-state index < -0.39 is 140 Å². The third-order valence-corrected chi connectivity index (χ3v) is 10.4. The summed E-state index contributed by atoms with van der Waals surface area (Å²) in [5, 5.41) is 83.2. The molecule has 5 amide bonds. The highest BCUT2D eigenvalue weighted by Crippen LogP contribution is 2.26. The average molecular weight is 857 g/mol. The molecule has 0 aromatic carbocycles. The number of aliphatic hydroxyl groups excluding tert-OH is 5. The zero-order valence-corrected chi connectivity index (χ0v) is 34.2. The smallest absolute Gasteiger partial charge is 0.326 e. The number of carbonyl (C=O) groups excluding carboxylic acids is 5. The number of imidazole rings is 1. The molecule has 0 radical (unpaired) electrons. The molecule has 2 saturated heterocycles. The number of nitrogens with one attached hydrogen (secondary N) is 6. The molecule has 0 bridgehead atoms. The number of aliphatic hydroxyl groups is 5. The van der Waals surface area contributed by atoms with Crippen molar-refractivity contribution in [2.45, 2.75) is 140 Å². The van der Waals surface area contributed by atoms with Crippen LogP contribution in [0.25, 0.3) is 0 Å². The number of hydrogen-bond donors (Lipinski definition) is 13. The minimum atomic E-state index is -2.08. The number of nitrogens with zero attached hydrogens (tertiary/aromatic N) is 2. The molecule has 11 atom stereocenters. The highest BCUT2D eigenvalue weighted by atomic mass is 16.6. The number of aromatic amines is 1. The van der Waals surface area contributed by atoms with Crippen LogP contribution in [-0.4, -0.2) is 178 Å². The summed E-state index contributed by atoms with van der Waals surface area (Å²) in [7, 11) is 0. The van der Waals surface area contributed by atoms with E-state index in [0.29, 0.717) is 12.1 Å². The quantitative estimate of drug-likeness (QED) is 0.0524. The van der Waals surface area contributed by atoms with Crippen molar-refractivity contribution in [2.75, 3.05) is 19.8 Å². The van der Waals surface area contributed by atoms with Crippen LogP contribution < -0.4 is 26.6 Å². The van der Waals surface area contributed by atoms with Crippen LogP contribution in [0.1, 0.15) is 72.4 Å². The number of carbonyl (C=O) groups is 7. The number of amides is 5. The van der Waals surface area contributed by atoms with Crippen LogP contribution in [0.3, 0.4) is 0 Å². The number of ether oxygens (including phenoxy) is 1. The van der Waals surface area contributed by atoms with E-state index in [1.165, 1.54) is 19.4 Å². The van der Waals surface area contributed by atoms with Crippen LogP contribution in [0.15, 0.2) is 12.5 Å². The molecule has 3 heterocycles. The van der Waals surface area contributed by atoms with Gasteiger partial charge in [0.15, 0.2) is 5.72 Å². The molecule has 2 aliphatic rings.